The minimum Gasteiger partial charge on any atom is -0.324 e. The van der Waals surface area contributed by atoms with Crippen LogP contribution in [0.5, 0.6) is 0 Å². The monoisotopic (exact) mass is 380 g/mol. The molecule has 0 unspecified atom stereocenters. The Hall–Kier alpha value is -2.05. The summed E-state index contributed by atoms with van der Waals surface area (Å²) in [6, 6.07) is 12.9. The van der Waals surface area contributed by atoms with E-state index in [-0.39, 0.29) is 0 Å². The number of aryl methyl sites for hydroxylation is 1. The highest BCUT2D eigenvalue weighted by Gasteiger charge is 2.29. The van der Waals surface area contributed by atoms with Crippen LogP contribution in [0.2, 0.25) is 5.02 Å². The zero-order chi connectivity index (χ0) is 18.6. The number of halogens is 1. The van der Waals surface area contributed by atoms with E-state index >= 15 is 0 Å². The quantitative estimate of drug-likeness (QED) is 0.830. The third kappa shape index (κ3) is 4.96. The highest BCUT2D eigenvalue weighted by molar-refractivity contribution is 7.92. The maximum atomic E-state index is 12.5. The molecule has 0 aliphatic heterocycles. The van der Waals surface area contributed by atoms with Crippen molar-refractivity contribution >= 4 is 38.9 Å². The maximum Gasteiger partial charge on any atom is 0.247 e. The molecule has 1 atom stereocenters. The molecule has 0 heterocycles. The molecule has 0 aliphatic rings. The number of hydrogen-bond donors (Lipinski definition) is 1. The van der Waals surface area contributed by atoms with Gasteiger partial charge in [0.1, 0.15) is 6.04 Å². The standard InChI is InChI=1S/C18H21ClN2O3S/c1-4-14-8-10-17(11-9-14)21(25(3,23)24)13(2)18(22)20-16-7-5-6-15(19)12-16/h5-13H,4H2,1-3H3,(H,20,22)/t13-/m0/s1. The van der Waals surface area contributed by atoms with Gasteiger partial charge in [0.25, 0.3) is 0 Å². The molecule has 2 aromatic carbocycles. The van der Waals surface area contributed by atoms with E-state index in [1.807, 2.05) is 19.1 Å². The lowest BCUT2D eigenvalue weighted by Gasteiger charge is -2.28. The Morgan fingerprint density at radius 3 is 2.36 bits per heavy atom. The van der Waals surface area contributed by atoms with Crippen molar-refractivity contribution in [3.8, 4) is 0 Å². The van der Waals surface area contributed by atoms with Gasteiger partial charge in [-0.15, -0.1) is 0 Å². The molecule has 25 heavy (non-hydrogen) atoms. The fourth-order valence-electron chi connectivity index (χ4n) is 2.50. The SMILES string of the molecule is CCc1ccc(N([C@@H](C)C(=O)Nc2cccc(Cl)c2)S(C)(=O)=O)cc1. The summed E-state index contributed by atoms with van der Waals surface area (Å²) in [6.45, 7) is 3.57. The number of benzene rings is 2. The predicted octanol–water partition coefficient (Wildman–Crippen LogP) is 3.70. The lowest BCUT2D eigenvalue weighted by molar-refractivity contribution is -0.116. The van der Waals surface area contributed by atoms with Gasteiger partial charge in [-0.05, 0) is 49.2 Å². The number of sulfonamides is 1. The number of nitrogens with one attached hydrogen (secondary N) is 1. The van der Waals surface area contributed by atoms with E-state index in [4.69, 9.17) is 11.6 Å². The Morgan fingerprint density at radius 2 is 1.84 bits per heavy atom. The van der Waals surface area contributed by atoms with Gasteiger partial charge >= 0.3 is 0 Å². The number of carbonyl (C=O) groups excluding carboxylic acids is 1. The Kier molecular flexibility index (Phi) is 6.08. The summed E-state index contributed by atoms with van der Waals surface area (Å²) in [4.78, 5) is 12.5. The van der Waals surface area contributed by atoms with E-state index in [9.17, 15) is 13.2 Å². The first-order chi connectivity index (χ1) is 11.7. The fourth-order valence-corrected chi connectivity index (χ4v) is 3.87. The Balaban J connectivity index is 2.29. The highest BCUT2D eigenvalue weighted by Crippen LogP contribution is 2.23. The van der Waals surface area contributed by atoms with Crippen LogP contribution in [0.3, 0.4) is 0 Å². The second-order valence-electron chi connectivity index (χ2n) is 5.75. The van der Waals surface area contributed by atoms with Gasteiger partial charge < -0.3 is 5.32 Å². The Bertz CT molecular complexity index is 851. The third-order valence-corrected chi connectivity index (χ3v) is 5.26. The zero-order valence-electron chi connectivity index (χ0n) is 14.4. The molecule has 7 heteroatoms. The zero-order valence-corrected chi connectivity index (χ0v) is 15.9. The number of hydrogen-bond acceptors (Lipinski definition) is 3. The third-order valence-electron chi connectivity index (χ3n) is 3.78. The summed E-state index contributed by atoms with van der Waals surface area (Å²) in [5.74, 6) is -0.438. The normalized spacial score (nSPS) is 12.5. The molecule has 0 aliphatic carbocycles. The van der Waals surface area contributed by atoms with Crippen LogP contribution in [0, 0.1) is 0 Å². The topological polar surface area (TPSA) is 66.5 Å². The summed E-state index contributed by atoms with van der Waals surface area (Å²) in [7, 11) is -3.64. The molecule has 1 N–H and O–H groups in total. The van der Waals surface area contributed by atoms with Gasteiger partial charge in [0, 0.05) is 10.7 Å². The molecule has 1 amide bonds. The fraction of sp³-hybridized carbons (Fsp3) is 0.278. The molecule has 0 bridgehead atoms. The lowest BCUT2D eigenvalue weighted by Crippen LogP contribution is -2.45. The van der Waals surface area contributed by atoms with Gasteiger partial charge in [0.15, 0.2) is 0 Å². The van der Waals surface area contributed by atoms with Crippen LogP contribution in [-0.4, -0.2) is 26.6 Å². The predicted molar refractivity (Wildman–Crippen MR) is 103 cm³/mol. The lowest BCUT2D eigenvalue weighted by atomic mass is 10.1. The molecule has 134 valence electrons. The van der Waals surface area contributed by atoms with E-state index in [1.54, 1.807) is 43.3 Å². The van der Waals surface area contributed by atoms with E-state index < -0.39 is 22.0 Å². The number of amides is 1. The first-order valence-corrected chi connectivity index (χ1v) is 10.1. The molecule has 0 saturated carbocycles. The van der Waals surface area contributed by atoms with Gasteiger partial charge in [-0.25, -0.2) is 8.42 Å². The number of rotatable bonds is 6. The van der Waals surface area contributed by atoms with Crippen molar-refractivity contribution in [2.24, 2.45) is 0 Å². The first kappa shape index (κ1) is 19.3. The maximum absolute atomic E-state index is 12.5. The van der Waals surface area contributed by atoms with Crippen LogP contribution in [0.4, 0.5) is 11.4 Å². The molecule has 0 fully saturated rings. The molecule has 2 rings (SSSR count). The van der Waals surface area contributed by atoms with Crippen molar-refractivity contribution in [2.75, 3.05) is 15.9 Å². The highest BCUT2D eigenvalue weighted by atomic mass is 35.5. The first-order valence-electron chi connectivity index (χ1n) is 7.87. The Morgan fingerprint density at radius 1 is 1.20 bits per heavy atom. The molecule has 0 saturated heterocycles. The van der Waals surface area contributed by atoms with Crippen molar-refractivity contribution in [1.82, 2.24) is 0 Å². The molecular formula is C18H21ClN2O3S. The van der Waals surface area contributed by atoms with Crippen molar-refractivity contribution < 1.29 is 13.2 Å². The minimum atomic E-state index is -3.64. The summed E-state index contributed by atoms with van der Waals surface area (Å²) in [5.41, 5.74) is 2.06. The van der Waals surface area contributed by atoms with E-state index in [0.717, 1.165) is 22.5 Å². The summed E-state index contributed by atoms with van der Waals surface area (Å²) >= 11 is 5.91. The Labute approximate surface area is 153 Å². The van der Waals surface area contributed by atoms with Gasteiger partial charge in [0.2, 0.25) is 15.9 Å². The molecule has 2 aromatic rings. The van der Waals surface area contributed by atoms with Crippen LogP contribution in [0.25, 0.3) is 0 Å². The van der Waals surface area contributed by atoms with Crippen LogP contribution in [0.1, 0.15) is 19.4 Å². The second-order valence-corrected chi connectivity index (χ2v) is 8.05. The molecular weight excluding hydrogens is 360 g/mol. The number of nitrogens with zero attached hydrogens (tertiary/aromatic N) is 1. The van der Waals surface area contributed by atoms with Crippen molar-refractivity contribution in [3.63, 3.8) is 0 Å². The molecule has 0 spiro atoms. The molecule has 0 radical (unpaired) electrons. The minimum absolute atomic E-state index is 0.438. The molecule has 5 nitrogen and oxygen atoms in total. The van der Waals surface area contributed by atoms with Gasteiger partial charge in [-0.1, -0.05) is 36.7 Å². The van der Waals surface area contributed by atoms with Gasteiger partial charge in [-0.3, -0.25) is 9.10 Å². The van der Waals surface area contributed by atoms with E-state index in [0.29, 0.717) is 16.4 Å². The summed E-state index contributed by atoms with van der Waals surface area (Å²) in [5, 5.41) is 3.18. The smallest absolute Gasteiger partial charge is 0.247 e. The number of anilines is 2. The van der Waals surface area contributed by atoms with Gasteiger partial charge in [0.05, 0.1) is 11.9 Å². The molecule has 0 aromatic heterocycles. The number of carbonyl (C=O) groups is 1. The second kappa shape index (κ2) is 7.89. The van der Waals surface area contributed by atoms with Gasteiger partial charge in [-0.2, -0.15) is 0 Å². The summed E-state index contributed by atoms with van der Waals surface area (Å²) < 4.78 is 25.6. The van der Waals surface area contributed by atoms with Crippen LogP contribution >= 0.6 is 11.6 Å². The van der Waals surface area contributed by atoms with E-state index in [1.165, 1.54) is 0 Å². The van der Waals surface area contributed by atoms with Crippen LogP contribution in [0.15, 0.2) is 48.5 Å². The van der Waals surface area contributed by atoms with Crippen molar-refractivity contribution in [2.45, 2.75) is 26.3 Å². The van der Waals surface area contributed by atoms with Crippen molar-refractivity contribution in [3.05, 3.63) is 59.1 Å². The van der Waals surface area contributed by atoms with Crippen LogP contribution < -0.4 is 9.62 Å². The average Bonchev–Trinajstić information content (AvgIpc) is 2.54. The van der Waals surface area contributed by atoms with Crippen LogP contribution in [-0.2, 0) is 21.2 Å². The van der Waals surface area contributed by atoms with Crippen molar-refractivity contribution in [1.29, 1.82) is 0 Å². The average molecular weight is 381 g/mol. The largest absolute Gasteiger partial charge is 0.324 e. The van der Waals surface area contributed by atoms with E-state index in [2.05, 4.69) is 5.32 Å². The summed E-state index contributed by atoms with van der Waals surface area (Å²) in [6.07, 6.45) is 1.94.